The van der Waals surface area contributed by atoms with Crippen LogP contribution in [0.4, 0.5) is 0 Å². The number of likely N-dealkylation sites (tertiary alicyclic amines) is 1. The van der Waals surface area contributed by atoms with E-state index in [1.807, 2.05) is 37.3 Å². The molecule has 1 amide bonds. The number of amides is 1. The van der Waals surface area contributed by atoms with Crippen LogP contribution in [0.15, 0.2) is 30.3 Å². The molecule has 1 aliphatic rings. The van der Waals surface area contributed by atoms with Crippen LogP contribution >= 0.6 is 0 Å². The molecule has 1 aromatic rings. The van der Waals surface area contributed by atoms with Gasteiger partial charge in [0.15, 0.2) is 0 Å². The predicted octanol–water partition coefficient (Wildman–Crippen LogP) is 1.97. The lowest BCUT2D eigenvalue weighted by molar-refractivity contribution is -0.151. The summed E-state index contributed by atoms with van der Waals surface area (Å²) in [5.41, 5.74) is 1.00. The van der Waals surface area contributed by atoms with Crippen LogP contribution in [0.1, 0.15) is 25.3 Å². The highest BCUT2D eigenvalue weighted by Gasteiger charge is 2.38. The van der Waals surface area contributed by atoms with E-state index >= 15 is 0 Å². The first kappa shape index (κ1) is 13.6. The minimum absolute atomic E-state index is 0.0834. The minimum atomic E-state index is -0.784. The molecule has 4 heteroatoms. The van der Waals surface area contributed by atoms with Gasteiger partial charge in [0, 0.05) is 19.0 Å². The van der Waals surface area contributed by atoms with Gasteiger partial charge in [-0.3, -0.25) is 9.59 Å². The number of rotatable bonds is 4. The molecule has 1 fully saturated rings. The molecule has 1 aliphatic heterocycles. The van der Waals surface area contributed by atoms with E-state index < -0.39 is 5.97 Å². The second-order valence-electron chi connectivity index (χ2n) is 5.26. The quantitative estimate of drug-likeness (QED) is 0.901. The van der Waals surface area contributed by atoms with Crippen LogP contribution in [-0.4, -0.2) is 35.0 Å². The number of nitrogens with zero attached hydrogens (tertiary/aromatic N) is 1. The van der Waals surface area contributed by atoms with Crippen molar-refractivity contribution in [1.82, 2.24) is 4.90 Å². The molecule has 2 atom stereocenters. The van der Waals surface area contributed by atoms with Crippen LogP contribution in [-0.2, 0) is 9.59 Å². The smallest absolute Gasteiger partial charge is 0.306 e. The van der Waals surface area contributed by atoms with Gasteiger partial charge in [0.1, 0.15) is 0 Å². The highest BCUT2D eigenvalue weighted by molar-refractivity contribution is 5.84. The van der Waals surface area contributed by atoms with Crippen LogP contribution in [0, 0.1) is 11.8 Å². The molecule has 1 heterocycles. The fourth-order valence-corrected chi connectivity index (χ4v) is 2.37. The second kappa shape index (κ2) is 5.43. The summed E-state index contributed by atoms with van der Waals surface area (Å²) in [6.45, 7) is 4.72. The van der Waals surface area contributed by atoms with Crippen LogP contribution in [0.3, 0.4) is 0 Å². The number of hydrogen-bond donors (Lipinski definition) is 1. The van der Waals surface area contributed by atoms with Gasteiger partial charge in [0.2, 0.25) is 5.91 Å². The molecule has 1 N–H and O–H groups in total. The largest absolute Gasteiger partial charge is 0.481 e. The number of carboxylic acid groups (broad SMARTS) is 1. The predicted molar refractivity (Wildman–Crippen MR) is 71.7 cm³/mol. The maximum absolute atomic E-state index is 12.2. The molecule has 0 aromatic heterocycles. The van der Waals surface area contributed by atoms with Gasteiger partial charge in [-0.15, -0.1) is 0 Å². The second-order valence-corrected chi connectivity index (χ2v) is 5.26. The zero-order valence-corrected chi connectivity index (χ0v) is 11.2. The number of benzene rings is 1. The van der Waals surface area contributed by atoms with Crippen molar-refractivity contribution in [2.75, 3.05) is 13.1 Å². The van der Waals surface area contributed by atoms with Crippen molar-refractivity contribution in [2.24, 2.45) is 11.8 Å². The number of hydrogen-bond acceptors (Lipinski definition) is 2. The lowest BCUT2D eigenvalue weighted by Gasteiger charge is -2.42. The van der Waals surface area contributed by atoms with Crippen molar-refractivity contribution in [3.63, 3.8) is 0 Å². The van der Waals surface area contributed by atoms with Gasteiger partial charge >= 0.3 is 5.97 Å². The maximum atomic E-state index is 12.2. The molecule has 0 aliphatic carbocycles. The van der Waals surface area contributed by atoms with Crippen molar-refractivity contribution < 1.29 is 14.7 Å². The van der Waals surface area contributed by atoms with Gasteiger partial charge in [-0.05, 0) is 12.5 Å². The standard InChI is InChI=1S/C15H19NO3/c1-10(12-6-4-3-5-7-12)14(17)16-8-13(9-16)11(2)15(18)19/h3-7,10-11,13H,8-9H2,1-2H3,(H,18,19). The van der Waals surface area contributed by atoms with E-state index in [4.69, 9.17) is 5.11 Å². The van der Waals surface area contributed by atoms with Crippen molar-refractivity contribution >= 4 is 11.9 Å². The van der Waals surface area contributed by atoms with Gasteiger partial charge in [-0.2, -0.15) is 0 Å². The van der Waals surface area contributed by atoms with E-state index in [2.05, 4.69) is 0 Å². The first-order valence-electron chi connectivity index (χ1n) is 6.57. The number of carbonyl (C=O) groups is 2. The van der Waals surface area contributed by atoms with Crippen LogP contribution in [0.2, 0.25) is 0 Å². The third-order valence-corrected chi connectivity index (χ3v) is 3.99. The van der Waals surface area contributed by atoms with Gasteiger partial charge in [0.25, 0.3) is 0 Å². The van der Waals surface area contributed by atoms with Crippen molar-refractivity contribution in [1.29, 1.82) is 0 Å². The Morgan fingerprint density at radius 1 is 1.21 bits per heavy atom. The minimum Gasteiger partial charge on any atom is -0.481 e. The molecule has 4 nitrogen and oxygen atoms in total. The molecular weight excluding hydrogens is 242 g/mol. The third kappa shape index (κ3) is 2.78. The molecule has 0 spiro atoms. The van der Waals surface area contributed by atoms with E-state index in [0.29, 0.717) is 13.1 Å². The van der Waals surface area contributed by atoms with Gasteiger partial charge < -0.3 is 10.0 Å². The molecule has 2 rings (SSSR count). The Kier molecular flexibility index (Phi) is 3.88. The molecule has 1 saturated heterocycles. The van der Waals surface area contributed by atoms with Gasteiger partial charge in [0.05, 0.1) is 11.8 Å². The summed E-state index contributed by atoms with van der Waals surface area (Å²) >= 11 is 0. The Hall–Kier alpha value is -1.84. The maximum Gasteiger partial charge on any atom is 0.306 e. The summed E-state index contributed by atoms with van der Waals surface area (Å²) in [6.07, 6.45) is 0. The fourth-order valence-electron chi connectivity index (χ4n) is 2.37. The van der Waals surface area contributed by atoms with Crippen LogP contribution in [0.5, 0.6) is 0 Å². The molecule has 0 radical (unpaired) electrons. The normalized spacial score (nSPS) is 18.5. The Balaban J connectivity index is 1.92. The number of carbonyl (C=O) groups excluding carboxylic acids is 1. The number of aliphatic carboxylic acids is 1. The molecule has 19 heavy (non-hydrogen) atoms. The summed E-state index contributed by atoms with van der Waals surface area (Å²) < 4.78 is 0. The molecule has 1 aromatic carbocycles. The number of carboxylic acids is 1. The van der Waals surface area contributed by atoms with E-state index in [9.17, 15) is 9.59 Å². The summed E-state index contributed by atoms with van der Waals surface area (Å²) in [7, 11) is 0. The highest BCUT2D eigenvalue weighted by atomic mass is 16.4. The van der Waals surface area contributed by atoms with Crippen LogP contribution < -0.4 is 0 Å². The monoisotopic (exact) mass is 261 g/mol. The van der Waals surface area contributed by atoms with Gasteiger partial charge in [-0.1, -0.05) is 37.3 Å². The average molecular weight is 261 g/mol. The SMILES string of the molecule is CC(C(=O)N1CC(C(C)C(=O)O)C1)c1ccccc1. The Morgan fingerprint density at radius 2 is 1.79 bits per heavy atom. The average Bonchev–Trinajstić information content (AvgIpc) is 2.36. The molecule has 0 saturated carbocycles. The summed E-state index contributed by atoms with van der Waals surface area (Å²) in [5, 5.41) is 8.93. The Labute approximate surface area is 113 Å². The molecule has 2 unspecified atom stereocenters. The zero-order chi connectivity index (χ0) is 14.0. The molecular formula is C15H19NO3. The summed E-state index contributed by atoms with van der Waals surface area (Å²) in [4.78, 5) is 24.9. The van der Waals surface area contributed by atoms with Crippen LogP contribution in [0.25, 0.3) is 0 Å². The molecule has 102 valence electrons. The lowest BCUT2D eigenvalue weighted by Crippen LogP contribution is -2.54. The summed E-state index contributed by atoms with van der Waals surface area (Å²) in [6, 6.07) is 9.66. The molecule has 0 bridgehead atoms. The first-order chi connectivity index (χ1) is 9.00. The van der Waals surface area contributed by atoms with E-state index in [0.717, 1.165) is 5.56 Å². The topological polar surface area (TPSA) is 57.6 Å². The van der Waals surface area contributed by atoms with Crippen molar-refractivity contribution in [3.8, 4) is 0 Å². The Morgan fingerprint density at radius 3 is 2.32 bits per heavy atom. The van der Waals surface area contributed by atoms with E-state index in [1.54, 1.807) is 11.8 Å². The lowest BCUT2D eigenvalue weighted by atomic mass is 9.85. The van der Waals surface area contributed by atoms with Crippen molar-refractivity contribution in [2.45, 2.75) is 19.8 Å². The van der Waals surface area contributed by atoms with Crippen molar-refractivity contribution in [3.05, 3.63) is 35.9 Å². The van der Waals surface area contributed by atoms with E-state index in [1.165, 1.54) is 0 Å². The first-order valence-corrected chi connectivity index (χ1v) is 6.57. The van der Waals surface area contributed by atoms with Gasteiger partial charge in [-0.25, -0.2) is 0 Å². The fraction of sp³-hybridized carbons (Fsp3) is 0.467. The Bertz CT molecular complexity index is 466. The zero-order valence-electron chi connectivity index (χ0n) is 11.2. The summed E-state index contributed by atoms with van der Waals surface area (Å²) in [5.74, 6) is -1.16. The third-order valence-electron chi connectivity index (χ3n) is 3.99. The highest BCUT2D eigenvalue weighted by Crippen LogP contribution is 2.28. The van der Waals surface area contributed by atoms with E-state index in [-0.39, 0.29) is 23.7 Å².